The zero-order valence-corrected chi connectivity index (χ0v) is 21.1. The Kier molecular flexibility index (Phi) is 12.0. The first-order chi connectivity index (χ1) is 14.7. The van der Waals surface area contributed by atoms with E-state index in [1.165, 1.54) is 0 Å². The van der Waals surface area contributed by atoms with Crippen molar-refractivity contribution in [2.45, 2.75) is 46.3 Å². The van der Waals surface area contributed by atoms with Crippen molar-refractivity contribution in [2.24, 2.45) is 4.99 Å². The molecule has 0 atom stereocenters. The maximum Gasteiger partial charge on any atom is 0.411 e. The van der Waals surface area contributed by atoms with E-state index in [0.717, 1.165) is 22.5 Å². The normalized spacial score (nSPS) is 11.9. The van der Waals surface area contributed by atoms with Crippen LogP contribution in [0, 0.1) is 13.8 Å². The molecule has 0 fully saturated rings. The molecule has 2 aromatic rings. The number of hydrogen-bond acceptors (Lipinski definition) is 4. The molecule has 1 aromatic carbocycles. The number of aromatic nitrogens is 2. The summed E-state index contributed by atoms with van der Waals surface area (Å²) in [5.41, 5.74) is 4.82. The van der Waals surface area contributed by atoms with Crippen LogP contribution in [-0.4, -0.2) is 49.3 Å². The lowest BCUT2D eigenvalue weighted by molar-refractivity contribution is -0.176. The number of aryl methyl sites for hydroxylation is 1. The fourth-order valence-electron chi connectivity index (χ4n) is 3.00. The number of alkyl halides is 3. The quantitative estimate of drug-likeness (QED) is 0.260. The van der Waals surface area contributed by atoms with Crippen LogP contribution in [0.4, 0.5) is 13.2 Å². The van der Waals surface area contributed by atoms with Gasteiger partial charge in [0, 0.05) is 38.5 Å². The zero-order chi connectivity index (χ0) is 22.9. The van der Waals surface area contributed by atoms with Gasteiger partial charge in [-0.05, 0) is 25.0 Å². The monoisotopic (exact) mass is 569 g/mol. The van der Waals surface area contributed by atoms with Crippen LogP contribution in [0.5, 0.6) is 0 Å². The topological polar surface area (TPSA) is 72.7 Å². The molecule has 1 heterocycles. The molecule has 0 saturated heterocycles. The number of nitrogens with one attached hydrogen (secondary N) is 2. The molecule has 0 aliphatic heterocycles. The molecule has 0 spiro atoms. The van der Waals surface area contributed by atoms with Crippen molar-refractivity contribution in [3.8, 4) is 0 Å². The highest BCUT2D eigenvalue weighted by atomic mass is 127. The van der Waals surface area contributed by atoms with E-state index in [-0.39, 0.29) is 30.6 Å². The molecule has 1 aromatic heterocycles. The van der Waals surface area contributed by atoms with Crippen LogP contribution in [0.25, 0.3) is 0 Å². The van der Waals surface area contributed by atoms with E-state index in [0.29, 0.717) is 37.8 Å². The summed E-state index contributed by atoms with van der Waals surface area (Å²) in [6, 6.07) is 7.21. The second kappa shape index (κ2) is 13.6. The summed E-state index contributed by atoms with van der Waals surface area (Å²) in [6.45, 7) is 5.09. The minimum Gasteiger partial charge on any atom is -0.383 e. The van der Waals surface area contributed by atoms with E-state index >= 15 is 0 Å². The Labute approximate surface area is 203 Å². The predicted octanol–water partition coefficient (Wildman–Crippen LogP) is 3.71. The Morgan fingerprint density at radius 2 is 1.72 bits per heavy atom. The van der Waals surface area contributed by atoms with Crippen molar-refractivity contribution in [3.05, 3.63) is 52.3 Å². The Hall–Kier alpha value is -1.86. The summed E-state index contributed by atoms with van der Waals surface area (Å²) in [4.78, 5) is 4.24. The summed E-state index contributed by atoms with van der Waals surface area (Å²) in [6.07, 6.45) is -4.31. The van der Waals surface area contributed by atoms with Crippen molar-refractivity contribution in [1.82, 2.24) is 20.4 Å². The fraction of sp³-hybridized carbons (Fsp3) is 0.524. The highest BCUT2D eigenvalue weighted by Crippen LogP contribution is 2.16. The Balaban J connectivity index is 0.00000512. The first-order valence-electron chi connectivity index (χ1n) is 9.92. The van der Waals surface area contributed by atoms with E-state index in [9.17, 15) is 13.2 Å². The Bertz CT molecular complexity index is 854. The molecular formula is C21H31F3IN5O2. The van der Waals surface area contributed by atoms with E-state index in [1.807, 2.05) is 30.7 Å². The number of methoxy groups -OCH3 is 1. The number of halogens is 4. The van der Waals surface area contributed by atoms with Crippen LogP contribution in [0.15, 0.2) is 29.3 Å². The number of nitrogens with zero attached hydrogens (tertiary/aromatic N) is 3. The molecule has 32 heavy (non-hydrogen) atoms. The smallest absolute Gasteiger partial charge is 0.383 e. The molecule has 0 amide bonds. The van der Waals surface area contributed by atoms with Gasteiger partial charge in [0.15, 0.2) is 5.96 Å². The minimum atomic E-state index is -4.31. The third-order valence-corrected chi connectivity index (χ3v) is 4.71. The van der Waals surface area contributed by atoms with Gasteiger partial charge in [0.25, 0.3) is 0 Å². The molecule has 0 unspecified atom stereocenters. The summed E-state index contributed by atoms with van der Waals surface area (Å²) in [5.74, 6) is 0.640. The molecule has 0 aliphatic carbocycles. The number of aliphatic imine (C=N–C) groups is 1. The van der Waals surface area contributed by atoms with Gasteiger partial charge in [-0.3, -0.25) is 9.67 Å². The lowest BCUT2D eigenvalue weighted by Crippen LogP contribution is -2.36. The first kappa shape index (κ1) is 28.2. The number of hydrogen-bond donors (Lipinski definition) is 2. The third kappa shape index (κ3) is 9.33. The second-order valence-electron chi connectivity index (χ2n) is 7.07. The molecule has 2 N–H and O–H groups in total. The van der Waals surface area contributed by atoms with Gasteiger partial charge in [-0.2, -0.15) is 18.3 Å². The zero-order valence-electron chi connectivity index (χ0n) is 18.8. The maximum absolute atomic E-state index is 12.1. The van der Waals surface area contributed by atoms with Crippen LogP contribution in [0.1, 0.15) is 28.1 Å². The molecule has 7 nitrogen and oxygen atoms in total. The Morgan fingerprint density at radius 3 is 2.31 bits per heavy atom. The number of ether oxygens (including phenoxy) is 2. The summed E-state index contributed by atoms with van der Waals surface area (Å²) in [5, 5.41) is 11.1. The van der Waals surface area contributed by atoms with Crippen LogP contribution < -0.4 is 10.6 Å². The van der Waals surface area contributed by atoms with Crippen molar-refractivity contribution >= 4 is 29.9 Å². The average Bonchev–Trinajstić information content (AvgIpc) is 2.99. The van der Waals surface area contributed by atoms with Gasteiger partial charge in [-0.25, -0.2) is 0 Å². The minimum absolute atomic E-state index is 0. The van der Waals surface area contributed by atoms with Gasteiger partial charge in [-0.15, -0.1) is 24.0 Å². The van der Waals surface area contributed by atoms with Gasteiger partial charge >= 0.3 is 6.18 Å². The van der Waals surface area contributed by atoms with Gasteiger partial charge in [-0.1, -0.05) is 24.3 Å². The summed E-state index contributed by atoms with van der Waals surface area (Å²) in [7, 11) is 3.36. The van der Waals surface area contributed by atoms with E-state index in [1.54, 1.807) is 26.3 Å². The van der Waals surface area contributed by atoms with Crippen LogP contribution >= 0.6 is 24.0 Å². The molecule has 11 heteroatoms. The van der Waals surface area contributed by atoms with Crippen LogP contribution in [-0.2, 0) is 35.7 Å². The van der Waals surface area contributed by atoms with E-state index in [2.05, 4.69) is 25.5 Å². The largest absolute Gasteiger partial charge is 0.411 e. The highest BCUT2D eigenvalue weighted by molar-refractivity contribution is 14.0. The second-order valence-corrected chi connectivity index (χ2v) is 7.07. The van der Waals surface area contributed by atoms with Crippen molar-refractivity contribution < 1.29 is 22.6 Å². The number of guanidine groups is 1. The van der Waals surface area contributed by atoms with E-state index in [4.69, 9.17) is 4.74 Å². The van der Waals surface area contributed by atoms with E-state index < -0.39 is 12.8 Å². The van der Waals surface area contributed by atoms with Gasteiger partial charge in [0.2, 0.25) is 0 Å². The van der Waals surface area contributed by atoms with Gasteiger partial charge < -0.3 is 20.1 Å². The molecule has 180 valence electrons. The lowest BCUT2D eigenvalue weighted by Gasteiger charge is -2.13. The first-order valence-corrected chi connectivity index (χ1v) is 9.92. The highest BCUT2D eigenvalue weighted by Gasteiger charge is 2.27. The standard InChI is InChI=1S/C21H30F3N5O2.HI/c1-15-19(16(2)29(28-15)9-10-30-4)12-27-20(25-3)26-11-17-5-7-18(8-6-17)13-31-14-21(22,23)24;/h5-8H,9-14H2,1-4H3,(H2,25,26,27);1H. The molecule has 0 bridgehead atoms. The molecule has 0 radical (unpaired) electrons. The SMILES string of the molecule is CN=C(NCc1ccc(COCC(F)(F)F)cc1)NCc1c(C)nn(CCOC)c1C.I. The molecule has 0 saturated carbocycles. The van der Waals surface area contributed by atoms with Gasteiger partial charge in [0.05, 0.1) is 25.5 Å². The molecular weight excluding hydrogens is 538 g/mol. The summed E-state index contributed by atoms with van der Waals surface area (Å²) >= 11 is 0. The van der Waals surface area contributed by atoms with Crippen molar-refractivity contribution in [1.29, 1.82) is 0 Å². The van der Waals surface area contributed by atoms with Crippen molar-refractivity contribution in [3.63, 3.8) is 0 Å². The third-order valence-electron chi connectivity index (χ3n) is 4.71. The maximum atomic E-state index is 12.1. The van der Waals surface area contributed by atoms with Crippen LogP contribution in [0.2, 0.25) is 0 Å². The fourth-order valence-corrected chi connectivity index (χ4v) is 3.00. The number of rotatable bonds is 10. The molecule has 0 aliphatic rings. The number of benzene rings is 1. The lowest BCUT2D eigenvalue weighted by atomic mass is 10.1. The van der Waals surface area contributed by atoms with Crippen LogP contribution in [0.3, 0.4) is 0 Å². The van der Waals surface area contributed by atoms with Gasteiger partial charge in [0.1, 0.15) is 6.61 Å². The predicted molar refractivity (Wildman–Crippen MR) is 128 cm³/mol. The average molecular weight is 569 g/mol. The Morgan fingerprint density at radius 1 is 1.09 bits per heavy atom. The molecule has 2 rings (SSSR count). The van der Waals surface area contributed by atoms with Crippen molar-refractivity contribution in [2.75, 3.05) is 27.4 Å². The summed E-state index contributed by atoms with van der Waals surface area (Å²) < 4.78 is 48.1.